The molecule has 0 atom stereocenters. The van der Waals surface area contributed by atoms with E-state index in [1.807, 2.05) is 7.05 Å². The molecular weight excluding hydrogens is 382 g/mol. The molecule has 0 aliphatic heterocycles. The molecule has 0 spiro atoms. The summed E-state index contributed by atoms with van der Waals surface area (Å²) in [6.07, 6.45) is 15.0. The lowest BCUT2D eigenvalue weighted by Gasteiger charge is -2.08. The molecule has 0 aliphatic carbocycles. The molecule has 0 aromatic carbocycles. The Labute approximate surface area is 186 Å². The maximum absolute atomic E-state index is 5.62. The van der Waals surface area contributed by atoms with Gasteiger partial charge in [-0.25, -0.2) is 0 Å². The van der Waals surface area contributed by atoms with Gasteiger partial charge in [-0.3, -0.25) is 0 Å². The van der Waals surface area contributed by atoms with Crippen molar-refractivity contribution < 1.29 is 23.7 Å². The Hall–Kier alpha value is -0.240. The molecule has 0 aromatic heterocycles. The van der Waals surface area contributed by atoms with E-state index < -0.39 is 0 Å². The maximum atomic E-state index is 5.62. The third-order valence-corrected chi connectivity index (χ3v) is 4.88. The van der Waals surface area contributed by atoms with E-state index in [1.165, 1.54) is 70.6 Å². The predicted molar refractivity (Wildman–Crippen MR) is 124 cm³/mol. The van der Waals surface area contributed by atoms with Crippen LogP contribution in [0.4, 0.5) is 0 Å². The van der Waals surface area contributed by atoms with Crippen molar-refractivity contribution in [3.63, 3.8) is 0 Å². The largest absolute Gasteiger partial charge is 0.379 e. The number of unbranched alkanes of at least 4 members (excludes halogenated alkanes) is 10. The third kappa shape index (κ3) is 27.8. The highest BCUT2D eigenvalue weighted by Gasteiger charge is 1.95. The highest BCUT2D eigenvalue weighted by Crippen LogP contribution is 2.11. The quantitative estimate of drug-likeness (QED) is 0.191. The zero-order valence-electron chi connectivity index (χ0n) is 20.1. The van der Waals surface area contributed by atoms with Crippen molar-refractivity contribution in [2.45, 2.75) is 77.6 Å². The number of nitrogens with one attached hydrogen (secondary N) is 1. The van der Waals surface area contributed by atoms with E-state index in [0.717, 1.165) is 19.8 Å². The van der Waals surface area contributed by atoms with Crippen LogP contribution < -0.4 is 5.32 Å². The van der Waals surface area contributed by atoms with Crippen LogP contribution in [0, 0.1) is 0 Å². The second-order valence-corrected chi connectivity index (χ2v) is 7.70. The second kappa shape index (κ2) is 28.8. The van der Waals surface area contributed by atoms with Gasteiger partial charge in [0.25, 0.3) is 0 Å². The first-order valence-electron chi connectivity index (χ1n) is 12.4. The molecule has 1 N–H and O–H groups in total. The summed E-state index contributed by atoms with van der Waals surface area (Å²) in [5.41, 5.74) is 0. The minimum absolute atomic E-state index is 0.592. The summed E-state index contributed by atoms with van der Waals surface area (Å²) in [7, 11) is 1.91. The molecule has 0 unspecified atom stereocenters. The van der Waals surface area contributed by atoms with Crippen LogP contribution >= 0.6 is 0 Å². The van der Waals surface area contributed by atoms with Crippen LogP contribution in [0.15, 0.2) is 0 Å². The van der Waals surface area contributed by atoms with Gasteiger partial charge in [-0.15, -0.1) is 0 Å². The van der Waals surface area contributed by atoms with E-state index in [1.54, 1.807) is 0 Å². The summed E-state index contributed by atoms with van der Waals surface area (Å²) in [5, 5.41) is 3.03. The highest BCUT2D eigenvalue weighted by atomic mass is 16.6. The molecule has 6 nitrogen and oxygen atoms in total. The molecule has 0 aromatic rings. The molecule has 0 amide bonds. The van der Waals surface area contributed by atoms with E-state index >= 15 is 0 Å². The van der Waals surface area contributed by atoms with Crippen molar-refractivity contribution >= 4 is 0 Å². The zero-order chi connectivity index (χ0) is 21.8. The van der Waals surface area contributed by atoms with Gasteiger partial charge in [0.2, 0.25) is 0 Å². The lowest BCUT2D eigenvalue weighted by atomic mass is 10.1. The van der Waals surface area contributed by atoms with Crippen molar-refractivity contribution in [3.8, 4) is 0 Å². The number of hydrogen-bond acceptors (Lipinski definition) is 6. The van der Waals surface area contributed by atoms with E-state index in [9.17, 15) is 0 Å². The monoisotopic (exact) mass is 433 g/mol. The van der Waals surface area contributed by atoms with Gasteiger partial charge in [-0.2, -0.15) is 0 Å². The first kappa shape index (κ1) is 29.8. The molecule has 0 fully saturated rings. The molecule has 0 radical (unpaired) electrons. The van der Waals surface area contributed by atoms with Gasteiger partial charge in [0, 0.05) is 13.2 Å². The average Bonchev–Trinajstić information content (AvgIpc) is 2.76. The van der Waals surface area contributed by atoms with Gasteiger partial charge >= 0.3 is 0 Å². The topological polar surface area (TPSA) is 58.2 Å². The zero-order valence-corrected chi connectivity index (χ0v) is 20.1. The van der Waals surface area contributed by atoms with Gasteiger partial charge in [0.05, 0.1) is 59.5 Å². The lowest BCUT2D eigenvalue weighted by Crippen LogP contribution is -2.17. The van der Waals surface area contributed by atoms with Crippen LogP contribution in [-0.4, -0.2) is 79.7 Å². The first-order chi connectivity index (χ1) is 14.9. The normalized spacial score (nSPS) is 11.4. The van der Waals surface area contributed by atoms with Crippen molar-refractivity contribution in [2.75, 3.05) is 79.7 Å². The van der Waals surface area contributed by atoms with Gasteiger partial charge < -0.3 is 29.0 Å². The van der Waals surface area contributed by atoms with Crippen LogP contribution in [0.5, 0.6) is 0 Å². The predicted octanol–water partition coefficient (Wildman–Crippen LogP) is 4.60. The van der Waals surface area contributed by atoms with Gasteiger partial charge in [0.1, 0.15) is 0 Å². The Morgan fingerprint density at radius 2 is 0.733 bits per heavy atom. The SMILES string of the molecule is CCCCCCCCCCCCCOCCOCCOCCOCCOCCNC. The van der Waals surface area contributed by atoms with Crippen LogP contribution in [0.2, 0.25) is 0 Å². The van der Waals surface area contributed by atoms with E-state index in [4.69, 9.17) is 23.7 Å². The minimum Gasteiger partial charge on any atom is -0.379 e. The van der Waals surface area contributed by atoms with Crippen LogP contribution in [0.3, 0.4) is 0 Å². The van der Waals surface area contributed by atoms with E-state index in [0.29, 0.717) is 52.9 Å². The van der Waals surface area contributed by atoms with Crippen molar-refractivity contribution in [1.82, 2.24) is 5.32 Å². The fourth-order valence-electron chi connectivity index (χ4n) is 3.02. The van der Waals surface area contributed by atoms with Crippen LogP contribution in [0.25, 0.3) is 0 Å². The van der Waals surface area contributed by atoms with Crippen molar-refractivity contribution in [3.05, 3.63) is 0 Å². The smallest absolute Gasteiger partial charge is 0.0701 e. The summed E-state index contributed by atoms with van der Waals surface area (Å²) < 4.78 is 27.4. The third-order valence-electron chi connectivity index (χ3n) is 4.88. The summed E-state index contributed by atoms with van der Waals surface area (Å²) in [4.78, 5) is 0. The Morgan fingerprint density at radius 3 is 1.13 bits per heavy atom. The molecule has 0 bridgehead atoms. The molecule has 0 heterocycles. The van der Waals surface area contributed by atoms with Gasteiger partial charge in [0.15, 0.2) is 0 Å². The Balaban J connectivity index is 2.97. The van der Waals surface area contributed by atoms with Gasteiger partial charge in [-0.1, -0.05) is 71.1 Å². The Bertz CT molecular complexity index is 267. The van der Waals surface area contributed by atoms with Gasteiger partial charge in [-0.05, 0) is 13.5 Å². The highest BCUT2D eigenvalue weighted by molar-refractivity contribution is 4.48. The molecular formula is C24H51NO5. The Morgan fingerprint density at radius 1 is 0.400 bits per heavy atom. The summed E-state index contributed by atoms with van der Waals surface area (Å²) >= 11 is 0. The number of ether oxygens (including phenoxy) is 5. The summed E-state index contributed by atoms with van der Waals surface area (Å²) in [5.74, 6) is 0. The molecule has 182 valence electrons. The average molecular weight is 434 g/mol. The lowest BCUT2D eigenvalue weighted by molar-refractivity contribution is -0.0109. The standard InChI is InChI=1S/C24H51NO5/c1-3-4-5-6-7-8-9-10-11-12-13-15-26-17-19-28-21-23-30-24-22-29-20-18-27-16-14-25-2/h25H,3-24H2,1-2H3. The Kier molecular flexibility index (Phi) is 28.5. The number of hydrogen-bond donors (Lipinski definition) is 1. The summed E-state index contributed by atoms with van der Waals surface area (Å²) in [6.45, 7) is 9.66. The number of likely N-dealkylation sites (N-methyl/N-ethyl adjacent to an activating group) is 1. The second-order valence-electron chi connectivity index (χ2n) is 7.70. The van der Waals surface area contributed by atoms with Crippen molar-refractivity contribution in [2.24, 2.45) is 0 Å². The summed E-state index contributed by atoms with van der Waals surface area (Å²) in [6, 6.07) is 0. The van der Waals surface area contributed by atoms with E-state index in [2.05, 4.69) is 12.2 Å². The minimum atomic E-state index is 0.592. The molecule has 0 rings (SSSR count). The fourth-order valence-corrected chi connectivity index (χ4v) is 3.02. The maximum Gasteiger partial charge on any atom is 0.0701 e. The van der Waals surface area contributed by atoms with Crippen LogP contribution in [-0.2, 0) is 23.7 Å². The molecule has 30 heavy (non-hydrogen) atoms. The molecule has 6 heteroatoms. The fraction of sp³-hybridized carbons (Fsp3) is 1.00. The molecule has 0 aliphatic rings. The van der Waals surface area contributed by atoms with E-state index in [-0.39, 0.29) is 0 Å². The van der Waals surface area contributed by atoms with Crippen LogP contribution in [0.1, 0.15) is 77.6 Å². The van der Waals surface area contributed by atoms with Crippen molar-refractivity contribution in [1.29, 1.82) is 0 Å². The number of rotatable bonds is 27. The molecule has 0 saturated carbocycles. The molecule has 0 saturated heterocycles. The first-order valence-corrected chi connectivity index (χ1v) is 12.4.